The Kier molecular flexibility index (Phi) is 6.31. The van der Waals surface area contributed by atoms with Crippen molar-refractivity contribution in [2.75, 3.05) is 0 Å². The van der Waals surface area contributed by atoms with Gasteiger partial charge in [-0.3, -0.25) is 4.21 Å². The van der Waals surface area contributed by atoms with Crippen molar-refractivity contribution in [3.63, 3.8) is 0 Å². The first-order valence-corrected chi connectivity index (χ1v) is 18.7. The number of hydrogen-bond acceptors (Lipinski definition) is 7. The van der Waals surface area contributed by atoms with Gasteiger partial charge in [0.15, 0.2) is 0 Å². The molecule has 6 unspecified atom stereocenters. The minimum Gasteiger partial charge on any atom is -0.760 e. The van der Waals surface area contributed by atoms with Crippen LogP contribution in [-0.4, -0.2) is 50.8 Å². The maximum Gasteiger partial charge on any atom is 0.366 e. The zero-order valence-electron chi connectivity index (χ0n) is 21.0. The SMILES string of the molecule is CCC1(C)O[Si]2(C)O[Si](C3=CC(C)C(S(=O)(=O)S(=O)[O-])CC3)(OC1(C)C)C(C)(C)C2(C)C. The van der Waals surface area contributed by atoms with Gasteiger partial charge in [0.25, 0.3) is 0 Å². The van der Waals surface area contributed by atoms with Crippen LogP contribution in [0.15, 0.2) is 11.3 Å². The summed E-state index contributed by atoms with van der Waals surface area (Å²) in [7, 11) is -13.3. The average molecular weight is 524 g/mol. The van der Waals surface area contributed by atoms with E-state index in [4.69, 9.17) is 13.0 Å². The Hall–Kier alpha value is 0.114. The maximum atomic E-state index is 12.4. The molecule has 0 saturated carbocycles. The van der Waals surface area contributed by atoms with Crippen LogP contribution in [0.3, 0.4) is 0 Å². The molecular formula is C21H39O7S2Si2-. The first-order chi connectivity index (χ1) is 14.2. The largest absolute Gasteiger partial charge is 0.760 e. The van der Waals surface area contributed by atoms with Gasteiger partial charge in [-0.1, -0.05) is 47.6 Å². The Morgan fingerprint density at radius 3 is 2.16 bits per heavy atom. The zero-order valence-corrected chi connectivity index (χ0v) is 24.7. The molecule has 2 bridgehead atoms. The van der Waals surface area contributed by atoms with Gasteiger partial charge in [-0.15, -0.1) is 0 Å². The summed E-state index contributed by atoms with van der Waals surface area (Å²) in [6.45, 7) is 21.1. The lowest BCUT2D eigenvalue weighted by molar-refractivity contribution is -0.102. The third kappa shape index (κ3) is 3.29. The van der Waals surface area contributed by atoms with Gasteiger partial charge in [0.2, 0.25) is 8.87 Å². The molecular weight excluding hydrogens is 485 g/mol. The van der Waals surface area contributed by atoms with Crippen molar-refractivity contribution in [3.05, 3.63) is 11.3 Å². The van der Waals surface area contributed by atoms with Crippen LogP contribution in [-0.2, 0) is 31.9 Å². The molecule has 0 aromatic heterocycles. The molecule has 2 aliphatic heterocycles. The van der Waals surface area contributed by atoms with Crippen LogP contribution in [0, 0.1) is 5.92 Å². The monoisotopic (exact) mass is 523 g/mol. The first kappa shape index (κ1) is 26.7. The minimum absolute atomic E-state index is 0.242. The van der Waals surface area contributed by atoms with Gasteiger partial charge in [0.1, 0.15) is 0 Å². The van der Waals surface area contributed by atoms with Gasteiger partial charge >= 0.3 is 17.1 Å². The van der Waals surface area contributed by atoms with Gasteiger partial charge in [-0.2, -0.15) is 0 Å². The van der Waals surface area contributed by atoms with E-state index in [1.54, 1.807) is 6.92 Å². The molecule has 2 saturated heterocycles. The van der Waals surface area contributed by atoms with Crippen LogP contribution in [0.25, 0.3) is 0 Å². The van der Waals surface area contributed by atoms with Crippen LogP contribution in [0.2, 0.25) is 16.6 Å². The van der Waals surface area contributed by atoms with E-state index in [-0.39, 0.29) is 16.5 Å². The molecule has 2 heterocycles. The molecule has 32 heavy (non-hydrogen) atoms. The standard InChI is InChI=1S/C21H40O7S2Si2/c1-11-21(9)18(3,4)26-32(20(7,8)19(5,6)31(10,27-21)28-32)16-12-13-17(15(2)14-16)30(24,25)29(22)23/h14-15,17H,11-13H2,1-10H3,(H,22,23)/p-1. The fourth-order valence-electron chi connectivity index (χ4n) is 5.71. The molecule has 3 rings (SSSR count). The Balaban J connectivity index is 2.21. The van der Waals surface area contributed by atoms with Crippen molar-refractivity contribution in [1.82, 2.24) is 0 Å². The normalized spacial score (nSPS) is 43.9. The van der Waals surface area contributed by atoms with Crippen molar-refractivity contribution in [2.24, 2.45) is 5.92 Å². The summed E-state index contributed by atoms with van der Waals surface area (Å²) in [5.74, 6) is -0.451. The van der Waals surface area contributed by atoms with Crippen molar-refractivity contribution in [2.45, 2.75) is 115 Å². The van der Waals surface area contributed by atoms with E-state index in [0.29, 0.717) is 6.42 Å². The van der Waals surface area contributed by atoms with Crippen molar-refractivity contribution >= 4 is 36.1 Å². The predicted molar refractivity (Wildman–Crippen MR) is 130 cm³/mol. The average Bonchev–Trinajstić information content (AvgIpc) is 2.71. The van der Waals surface area contributed by atoms with Crippen molar-refractivity contribution in [3.8, 4) is 0 Å². The summed E-state index contributed by atoms with van der Waals surface area (Å²) < 4.78 is 68.8. The highest BCUT2D eigenvalue weighted by atomic mass is 33.2. The summed E-state index contributed by atoms with van der Waals surface area (Å²) in [6, 6.07) is 0. The molecule has 2 fully saturated rings. The molecule has 0 N–H and O–H groups in total. The van der Waals surface area contributed by atoms with Crippen molar-refractivity contribution < 1.29 is 30.1 Å². The Labute approximate surface area is 197 Å². The van der Waals surface area contributed by atoms with E-state index < -0.39 is 58.5 Å². The molecule has 0 radical (unpaired) electrons. The van der Waals surface area contributed by atoms with Crippen LogP contribution in [0.4, 0.5) is 0 Å². The fraction of sp³-hybridized carbons (Fsp3) is 0.905. The lowest BCUT2D eigenvalue weighted by atomic mass is 9.85. The van der Waals surface area contributed by atoms with E-state index in [2.05, 4.69) is 61.9 Å². The number of hydrogen-bond donors (Lipinski definition) is 0. The fourth-order valence-corrected chi connectivity index (χ4v) is 21.1. The van der Waals surface area contributed by atoms with E-state index in [0.717, 1.165) is 11.6 Å². The van der Waals surface area contributed by atoms with Crippen LogP contribution in [0.1, 0.15) is 81.6 Å². The van der Waals surface area contributed by atoms with Crippen molar-refractivity contribution in [1.29, 1.82) is 0 Å². The maximum absolute atomic E-state index is 12.4. The van der Waals surface area contributed by atoms with Crippen LogP contribution in [0.5, 0.6) is 0 Å². The second kappa shape index (κ2) is 7.55. The van der Waals surface area contributed by atoms with Crippen LogP contribution >= 0.6 is 0 Å². The number of rotatable bonds is 4. The van der Waals surface area contributed by atoms with Gasteiger partial charge in [0.05, 0.1) is 26.6 Å². The van der Waals surface area contributed by atoms with Gasteiger partial charge < -0.3 is 17.5 Å². The third-order valence-corrected chi connectivity index (χ3v) is 24.0. The predicted octanol–water partition coefficient (Wildman–Crippen LogP) is 4.56. The lowest BCUT2D eigenvalue weighted by Gasteiger charge is -2.55. The summed E-state index contributed by atoms with van der Waals surface area (Å²) >= 11 is 0. The van der Waals surface area contributed by atoms with Gasteiger partial charge in [0, 0.05) is 10.1 Å². The van der Waals surface area contributed by atoms with Gasteiger partial charge in [-0.25, -0.2) is 8.42 Å². The quantitative estimate of drug-likeness (QED) is 0.302. The molecule has 6 atom stereocenters. The topological polar surface area (TPSA) is 102 Å². The molecule has 3 aliphatic rings. The molecule has 1 aliphatic carbocycles. The van der Waals surface area contributed by atoms with E-state index in [9.17, 15) is 17.2 Å². The zero-order chi connectivity index (χ0) is 24.8. The minimum atomic E-state index is -4.25. The lowest BCUT2D eigenvalue weighted by Crippen LogP contribution is -2.63. The number of fused-ring (bicyclic) bond motifs is 2. The Morgan fingerprint density at radius 1 is 1.12 bits per heavy atom. The Morgan fingerprint density at radius 2 is 1.69 bits per heavy atom. The Bertz CT molecular complexity index is 961. The molecule has 0 aromatic carbocycles. The molecule has 186 valence electrons. The summed E-state index contributed by atoms with van der Waals surface area (Å²) in [5, 5.41) is -0.527. The highest BCUT2D eigenvalue weighted by molar-refractivity contribution is 8.62. The number of allylic oxidation sites excluding steroid dienone is 2. The molecule has 7 nitrogen and oxygen atoms in total. The van der Waals surface area contributed by atoms with E-state index >= 15 is 0 Å². The highest BCUT2D eigenvalue weighted by Crippen LogP contribution is 2.73. The van der Waals surface area contributed by atoms with E-state index in [1.165, 1.54) is 0 Å². The summed E-state index contributed by atoms with van der Waals surface area (Å²) in [5.41, 5.74) is -1.14. The first-order valence-electron chi connectivity index (χ1n) is 11.4. The summed E-state index contributed by atoms with van der Waals surface area (Å²) in [6.07, 6.45) is 3.40. The smallest absolute Gasteiger partial charge is 0.366 e. The van der Waals surface area contributed by atoms with E-state index in [1.807, 2.05) is 6.08 Å². The molecule has 0 amide bonds. The molecule has 0 aromatic rings. The second-order valence-corrected chi connectivity index (χ2v) is 23.2. The molecule has 0 spiro atoms. The second-order valence-electron chi connectivity index (χ2n) is 11.5. The van der Waals surface area contributed by atoms with Gasteiger partial charge in [-0.05, 0) is 57.7 Å². The summed E-state index contributed by atoms with van der Waals surface area (Å²) in [4.78, 5) is 0. The third-order valence-electron chi connectivity index (χ3n) is 9.36. The highest BCUT2D eigenvalue weighted by Gasteiger charge is 2.80. The van der Waals surface area contributed by atoms with Crippen LogP contribution < -0.4 is 0 Å². The molecule has 11 heteroatoms.